The van der Waals surface area contributed by atoms with Gasteiger partial charge in [0, 0.05) is 38.8 Å². The second kappa shape index (κ2) is 5.59. The van der Waals surface area contributed by atoms with Crippen LogP contribution in [-0.2, 0) is 13.0 Å². The van der Waals surface area contributed by atoms with E-state index in [1.54, 1.807) is 24.3 Å². The Bertz CT molecular complexity index is 899. The lowest BCUT2D eigenvalue weighted by Crippen LogP contribution is -2.35. The fourth-order valence-corrected chi connectivity index (χ4v) is 3.46. The van der Waals surface area contributed by atoms with E-state index < -0.39 is 0 Å². The maximum atomic E-state index is 12.6. The van der Waals surface area contributed by atoms with Crippen LogP contribution in [0.4, 0.5) is 0 Å². The quantitative estimate of drug-likeness (QED) is 0.683. The van der Waals surface area contributed by atoms with Gasteiger partial charge in [0.1, 0.15) is 0 Å². The number of nitrogens with one attached hydrogen (secondary N) is 1. The molecule has 4 rings (SSSR count). The van der Waals surface area contributed by atoms with Gasteiger partial charge in [-0.15, -0.1) is 0 Å². The molecule has 1 amide bonds. The van der Waals surface area contributed by atoms with Gasteiger partial charge in [0.15, 0.2) is 0 Å². The molecule has 1 aliphatic heterocycles. The lowest BCUT2D eigenvalue weighted by molar-refractivity contribution is 0.0733. The van der Waals surface area contributed by atoms with Crippen molar-refractivity contribution in [2.24, 2.45) is 0 Å². The number of amides is 1. The highest BCUT2D eigenvalue weighted by atomic mass is 35.5. The van der Waals surface area contributed by atoms with Crippen LogP contribution in [0.3, 0.4) is 0 Å². The molecular formula is C18H14Cl2N2O. The standard InChI is InChI=1S/C18H14Cl2N2O/c19-12-3-1-11(2-4-12)18(23)22-8-7-14-15-9-13(20)5-6-16(15)21-17(14)10-22/h1-6,9,21H,7-8,10H2. The summed E-state index contributed by atoms with van der Waals surface area (Å²) in [4.78, 5) is 17.9. The number of aromatic amines is 1. The van der Waals surface area contributed by atoms with E-state index in [0.717, 1.165) is 28.0 Å². The highest BCUT2D eigenvalue weighted by molar-refractivity contribution is 6.31. The Labute approximate surface area is 143 Å². The van der Waals surface area contributed by atoms with Crippen LogP contribution in [0.5, 0.6) is 0 Å². The molecule has 0 fully saturated rings. The highest BCUT2D eigenvalue weighted by Crippen LogP contribution is 2.30. The molecule has 116 valence electrons. The van der Waals surface area contributed by atoms with Gasteiger partial charge in [0.05, 0.1) is 6.54 Å². The number of nitrogens with zero attached hydrogens (tertiary/aromatic N) is 1. The molecule has 0 spiro atoms. The van der Waals surface area contributed by atoms with Crippen molar-refractivity contribution < 1.29 is 4.79 Å². The molecule has 0 bridgehead atoms. The number of carbonyl (C=O) groups is 1. The van der Waals surface area contributed by atoms with E-state index in [2.05, 4.69) is 4.98 Å². The Morgan fingerprint density at radius 1 is 1.04 bits per heavy atom. The molecule has 2 aromatic carbocycles. The summed E-state index contributed by atoms with van der Waals surface area (Å²) < 4.78 is 0. The second-order valence-corrected chi connectivity index (χ2v) is 6.63. The summed E-state index contributed by atoms with van der Waals surface area (Å²) in [7, 11) is 0. The molecule has 23 heavy (non-hydrogen) atoms. The zero-order valence-corrected chi connectivity index (χ0v) is 13.8. The summed E-state index contributed by atoms with van der Waals surface area (Å²) in [6.07, 6.45) is 0.828. The minimum Gasteiger partial charge on any atom is -0.357 e. The average molecular weight is 345 g/mol. The normalized spacial score (nSPS) is 14.1. The van der Waals surface area contributed by atoms with E-state index in [1.165, 1.54) is 5.56 Å². The maximum Gasteiger partial charge on any atom is 0.254 e. The van der Waals surface area contributed by atoms with Gasteiger partial charge in [-0.25, -0.2) is 0 Å². The number of benzene rings is 2. The van der Waals surface area contributed by atoms with Gasteiger partial charge in [-0.1, -0.05) is 23.2 Å². The van der Waals surface area contributed by atoms with E-state index >= 15 is 0 Å². The van der Waals surface area contributed by atoms with Gasteiger partial charge in [-0.05, 0) is 54.4 Å². The molecule has 3 nitrogen and oxygen atoms in total. The third-order valence-electron chi connectivity index (χ3n) is 4.32. The lowest BCUT2D eigenvalue weighted by Gasteiger charge is -2.27. The lowest BCUT2D eigenvalue weighted by atomic mass is 10.0. The molecular weight excluding hydrogens is 331 g/mol. The molecule has 0 radical (unpaired) electrons. The van der Waals surface area contributed by atoms with Gasteiger partial charge in [0.25, 0.3) is 5.91 Å². The highest BCUT2D eigenvalue weighted by Gasteiger charge is 2.24. The number of halogens is 2. The van der Waals surface area contributed by atoms with E-state index in [1.807, 2.05) is 23.1 Å². The summed E-state index contributed by atoms with van der Waals surface area (Å²) in [5.74, 6) is 0.0315. The first-order chi connectivity index (χ1) is 11.1. The van der Waals surface area contributed by atoms with Crippen LogP contribution >= 0.6 is 23.2 Å². The van der Waals surface area contributed by atoms with Gasteiger partial charge < -0.3 is 9.88 Å². The first-order valence-corrected chi connectivity index (χ1v) is 8.21. The first kappa shape index (κ1) is 14.6. The molecule has 0 aliphatic carbocycles. The molecule has 0 unspecified atom stereocenters. The van der Waals surface area contributed by atoms with E-state index in [-0.39, 0.29) is 5.91 Å². The Morgan fingerprint density at radius 2 is 1.78 bits per heavy atom. The Kier molecular flexibility index (Phi) is 3.55. The van der Waals surface area contributed by atoms with Crippen LogP contribution in [0.15, 0.2) is 42.5 Å². The molecule has 1 N–H and O–H groups in total. The van der Waals surface area contributed by atoms with Crippen LogP contribution in [-0.4, -0.2) is 22.3 Å². The monoisotopic (exact) mass is 344 g/mol. The molecule has 0 atom stereocenters. The van der Waals surface area contributed by atoms with Crippen molar-refractivity contribution in [2.45, 2.75) is 13.0 Å². The molecule has 3 aromatic rings. The van der Waals surface area contributed by atoms with E-state index in [9.17, 15) is 4.79 Å². The first-order valence-electron chi connectivity index (χ1n) is 7.45. The largest absolute Gasteiger partial charge is 0.357 e. The van der Waals surface area contributed by atoms with Gasteiger partial charge in [-0.2, -0.15) is 0 Å². The number of rotatable bonds is 1. The van der Waals surface area contributed by atoms with Crippen LogP contribution in [0.25, 0.3) is 10.9 Å². The molecule has 1 aliphatic rings. The Morgan fingerprint density at radius 3 is 2.57 bits per heavy atom. The average Bonchev–Trinajstić information content (AvgIpc) is 2.92. The predicted molar refractivity (Wildman–Crippen MR) is 93.2 cm³/mol. The van der Waals surface area contributed by atoms with Gasteiger partial charge >= 0.3 is 0 Å². The SMILES string of the molecule is O=C(c1ccc(Cl)cc1)N1CCc2c([nH]c3ccc(Cl)cc23)C1. The van der Waals surface area contributed by atoms with Crippen LogP contribution < -0.4 is 0 Å². The number of hydrogen-bond acceptors (Lipinski definition) is 1. The van der Waals surface area contributed by atoms with Crippen molar-refractivity contribution in [3.8, 4) is 0 Å². The van der Waals surface area contributed by atoms with Gasteiger partial charge in [-0.3, -0.25) is 4.79 Å². The Balaban J connectivity index is 1.65. The third-order valence-corrected chi connectivity index (χ3v) is 4.80. The van der Waals surface area contributed by atoms with Crippen LogP contribution in [0.1, 0.15) is 21.6 Å². The van der Waals surface area contributed by atoms with Gasteiger partial charge in [0.2, 0.25) is 0 Å². The van der Waals surface area contributed by atoms with Crippen molar-refractivity contribution in [3.05, 3.63) is 69.3 Å². The zero-order valence-electron chi connectivity index (χ0n) is 12.3. The minimum atomic E-state index is 0.0315. The number of carbonyl (C=O) groups excluding carboxylic acids is 1. The van der Waals surface area contributed by atoms with Crippen molar-refractivity contribution in [1.29, 1.82) is 0 Å². The minimum absolute atomic E-state index is 0.0315. The van der Waals surface area contributed by atoms with Crippen molar-refractivity contribution in [3.63, 3.8) is 0 Å². The molecule has 0 saturated heterocycles. The molecule has 5 heteroatoms. The number of hydrogen-bond donors (Lipinski definition) is 1. The second-order valence-electron chi connectivity index (χ2n) is 5.76. The number of aromatic nitrogens is 1. The number of fused-ring (bicyclic) bond motifs is 3. The van der Waals surface area contributed by atoms with Crippen molar-refractivity contribution in [2.75, 3.05) is 6.54 Å². The maximum absolute atomic E-state index is 12.6. The molecule has 1 aromatic heterocycles. The van der Waals surface area contributed by atoms with Crippen molar-refractivity contribution in [1.82, 2.24) is 9.88 Å². The molecule has 0 saturated carbocycles. The third kappa shape index (κ3) is 2.60. The van der Waals surface area contributed by atoms with E-state index in [0.29, 0.717) is 23.7 Å². The predicted octanol–water partition coefficient (Wildman–Crippen LogP) is 4.67. The van der Waals surface area contributed by atoms with Crippen molar-refractivity contribution >= 4 is 40.0 Å². The van der Waals surface area contributed by atoms with Crippen LogP contribution in [0.2, 0.25) is 10.0 Å². The summed E-state index contributed by atoms with van der Waals surface area (Å²) in [5.41, 5.74) is 4.09. The summed E-state index contributed by atoms with van der Waals surface area (Å²) in [6.45, 7) is 1.29. The fourth-order valence-electron chi connectivity index (χ4n) is 3.16. The summed E-state index contributed by atoms with van der Waals surface area (Å²) in [6, 6.07) is 12.9. The fraction of sp³-hybridized carbons (Fsp3) is 0.167. The topological polar surface area (TPSA) is 36.1 Å². The number of H-pyrrole nitrogens is 1. The Hall–Kier alpha value is -1.97. The van der Waals surface area contributed by atoms with E-state index in [4.69, 9.17) is 23.2 Å². The summed E-state index contributed by atoms with van der Waals surface area (Å²) >= 11 is 12.0. The molecule has 2 heterocycles. The smallest absolute Gasteiger partial charge is 0.254 e. The van der Waals surface area contributed by atoms with Crippen LogP contribution in [0, 0.1) is 0 Å². The summed E-state index contributed by atoms with van der Waals surface area (Å²) in [5, 5.41) is 2.53. The zero-order chi connectivity index (χ0) is 16.0.